The molecule has 0 aromatic carbocycles. The van der Waals surface area contributed by atoms with Crippen molar-refractivity contribution in [1.82, 2.24) is 65.4 Å². The molecule has 12 amide bonds. The van der Waals surface area contributed by atoms with E-state index in [1.54, 1.807) is 72.4 Å². The Morgan fingerprint density at radius 3 is 1.44 bits per heavy atom. The summed E-state index contributed by atoms with van der Waals surface area (Å²) in [4.78, 5) is 190. The molecule has 2 rings (SSSR count). The fourth-order valence-electron chi connectivity index (χ4n) is 12.8. The lowest BCUT2D eigenvalue weighted by Crippen LogP contribution is -2.64. The van der Waals surface area contributed by atoms with Crippen LogP contribution in [0.3, 0.4) is 0 Å². The van der Waals surface area contributed by atoms with Gasteiger partial charge in [0.1, 0.15) is 73.1 Å². The summed E-state index contributed by atoms with van der Waals surface area (Å²) in [7, 11) is 9.80. The first-order valence-electron chi connectivity index (χ1n) is 35.4. The Hall–Kier alpha value is -6.74. The third-order valence-electron chi connectivity index (χ3n) is 19.3. The molecule has 0 bridgehead atoms. The normalized spacial score (nSPS) is 27.2. The van der Waals surface area contributed by atoms with E-state index in [0.717, 1.165) is 14.7 Å². The van der Waals surface area contributed by atoms with E-state index in [9.17, 15) is 33.9 Å². The molecule has 0 aromatic heterocycles. The van der Waals surface area contributed by atoms with Crippen LogP contribution >= 0.6 is 0 Å². The molecule has 560 valence electrons. The van der Waals surface area contributed by atoms with Crippen LogP contribution in [-0.4, -0.2) is 287 Å². The molecule has 27 heteroatoms. The molecule has 14 atom stereocenters. The minimum Gasteiger partial charge on any atom is -0.390 e. The smallest absolute Gasteiger partial charge is 0.248 e. The molecule has 27 nitrogen and oxygen atoms in total. The molecule has 2 saturated heterocycles. The average Bonchev–Trinajstić information content (AvgIpc) is 0.803. The number of carbonyl (C=O) groups excluding carboxylic acids is 12. The van der Waals surface area contributed by atoms with Crippen LogP contribution in [0.5, 0.6) is 0 Å². The van der Waals surface area contributed by atoms with Crippen molar-refractivity contribution in [1.29, 1.82) is 0 Å². The molecule has 5 N–H and O–H groups in total. The highest BCUT2D eigenvalue weighted by Gasteiger charge is 2.47. The predicted molar refractivity (Wildman–Crippen MR) is 377 cm³/mol. The predicted octanol–water partition coefficient (Wildman–Crippen LogP) is 2.82. The number of piperazine rings is 1. The van der Waals surface area contributed by atoms with Gasteiger partial charge in [0.25, 0.3) is 0 Å². The summed E-state index contributed by atoms with van der Waals surface area (Å²) >= 11 is 0. The first-order chi connectivity index (χ1) is 45.4. The maximum atomic E-state index is 15.3. The molecule has 2 aliphatic heterocycles. The lowest BCUT2D eigenvalue weighted by molar-refractivity contribution is -0.157. The molecule has 2 fully saturated rings. The number of aliphatic hydroxyl groups excluding tert-OH is 1. The summed E-state index contributed by atoms with van der Waals surface area (Å²) in [5.41, 5.74) is 0. The van der Waals surface area contributed by atoms with Gasteiger partial charge in [-0.15, -0.1) is 0 Å². The zero-order valence-electron chi connectivity index (χ0n) is 64.3. The van der Waals surface area contributed by atoms with Gasteiger partial charge >= 0.3 is 0 Å². The van der Waals surface area contributed by atoms with Gasteiger partial charge in [-0.1, -0.05) is 102 Å². The molecule has 14 unspecified atom stereocenters. The van der Waals surface area contributed by atoms with Gasteiger partial charge in [0, 0.05) is 87.5 Å². The number of hydrogen-bond acceptors (Lipinski definition) is 15. The number of ether oxygens (including phenoxy) is 1. The monoisotopic (exact) mass is 1390 g/mol. The van der Waals surface area contributed by atoms with Crippen molar-refractivity contribution in [2.24, 2.45) is 41.4 Å². The molecule has 0 saturated carbocycles. The molecule has 0 spiro atoms. The van der Waals surface area contributed by atoms with Crippen molar-refractivity contribution in [3.05, 3.63) is 12.2 Å². The highest BCUT2D eigenvalue weighted by molar-refractivity contribution is 6.00. The summed E-state index contributed by atoms with van der Waals surface area (Å²) in [5, 5.41) is 23.3. The largest absolute Gasteiger partial charge is 0.390 e. The zero-order chi connectivity index (χ0) is 75.4. The third-order valence-corrected chi connectivity index (χ3v) is 19.3. The second-order valence-electron chi connectivity index (χ2n) is 29.8. The van der Waals surface area contributed by atoms with E-state index in [-0.39, 0.29) is 69.0 Å². The molecular weight excluding hydrogens is 1260 g/mol. The lowest BCUT2D eigenvalue weighted by Gasteiger charge is -2.41. The van der Waals surface area contributed by atoms with E-state index in [1.165, 1.54) is 89.7 Å². The van der Waals surface area contributed by atoms with E-state index in [4.69, 9.17) is 4.74 Å². The van der Waals surface area contributed by atoms with Crippen LogP contribution in [0.4, 0.5) is 0 Å². The summed E-state index contributed by atoms with van der Waals surface area (Å²) in [6.45, 7) is 35.0. The van der Waals surface area contributed by atoms with Gasteiger partial charge in [0.05, 0.1) is 12.7 Å². The van der Waals surface area contributed by atoms with Gasteiger partial charge in [0.15, 0.2) is 0 Å². The topological polar surface area (TPSA) is 312 Å². The second kappa shape index (κ2) is 39.9. The second-order valence-corrected chi connectivity index (χ2v) is 29.8. The third kappa shape index (κ3) is 23.7. The zero-order valence-corrected chi connectivity index (χ0v) is 64.3. The fourth-order valence-corrected chi connectivity index (χ4v) is 12.8. The molecule has 2 aliphatic rings. The number of rotatable bonds is 19. The van der Waals surface area contributed by atoms with Crippen LogP contribution in [0.2, 0.25) is 0 Å². The van der Waals surface area contributed by atoms with E-state index in [0.29, 0.717) is 32.2 Å². The van der Waals surface area contributed by atoms with Crippen LogP contribution in [-0.2, 0) is 62.3 Å². The van der Waals surface area contributed by atoms with Crippen molar-refractivity contribution in [2.75, 3.05) is 88.7 Å². The van der Waals surface area contributed by atoms with Crippen LogP contribution in [0.15, 0.2) is 12.2 Å². The quantitative estimate of drug-likeness (QED) is 0.116. The fraction of sp³-hybridized carbons (Fsp3) is 0.803. The van der Waals surface area contributed by atoms with E-state index < -0.39 is 161 Å². The highest BCUT2D eigenvalue weighted by atomic mass is 16.5. The van der Waals surface area contributed by atoms with Crippen LogP contribution in [0, 0.1) is 41.4 Å². The number of carbonyl (C=O) groups is 12. The van der Waals surface area contributed by atoms with E-state index >= 15 is 28.8 Å². The van der Waals surface area contributed by atoms with E-state index in [2.05, 4.69) is 40.0 Å². The first-order valence-corrected chi connectivity index (χ1v) is 35.4. The minimum atomic E-state index is -1.66. The Balaban J connectivity index is 3.02. The summed E-state index contributed by atoms with van der Waals surface area (Å²) in [6.07, 6.45) is 2.66. The molecule has 98 heavy (non-hydrogen) atoms. The van der Waals surface area contributed by atoms with Crippen molar-refractivity contribution >= 4 is 70.9 Å². The van der Waals surface area contributed by atoms with Gasteiger partial charge in [-0.3, -0.25) is 62.4 Å². The van der Waals surface area contributed by atoms with Crippen LogP contribution in [0.1, 0.15) is 164 Å². The van der Waals surface area contributed by atoms with Gasteiger partial charge in [-0.2, -0.15) is 0 Å². The molecule has 0 aliphatic carbocycles. The van der Waals surface area contributed by atoms with Gasteiger partial charge < -0.3 is 70.3 Å². The summed E-state index contributed by atoms with van der Waals surface area (Å²) in [5.74, 6) is -11.5. The van der Waals surface area contributed by atoms with Crippen LogP contribution in [0.25, 0.3) is 0 Å². The Morgan fingerprint density at radius 2 is 0.959 bits per heavy atom. The standard InChI is InChI=1S/C71H127N13O14/c1-27-29-30-46(15)60(86)59-64(90)74-51(28-2)67(93)76(20)50(19)66(92)81(25)58(47(16)38-98-39-55(85)84-33-31-83(32-34-84)45(13)14)63(89)75-56(43(9)10)70(96)77(21)52(35-40(3)4)62(88)72-48(17)61(87)73-49(18)65(91)78(22)53(36-41(5)6)68(94)79(23)54(37-42(7)8)69(95)80(24)57(44(11)12)71(97)82(59)26/h27,29,40-54,56-60,86H,28,30-39H2,1-26H3,(H,72,88)(H,73,87)(H,74,90)(H,75,89). The number of nitrogens with one attached hydrogen (secondary N) is 4. The number of nitrogens with zero attached hydrogens (tertiary/aromatic N) is 9. The van der Waals surface area contributed by atoms with E-state index in [1.807, 2.05) is 41.5 Å². The maximum Gasteiger partial charge on any atom is 0.248 e. The molecular formula is C71H127N13O14. The van der Waals surface area contributed by atoms with Crippen molar-refractivity contribution in [3.63, 3.8) is 0 Å². The SMILES string of the molecule is CC=CCC(C)C(O)C1C(=O)NC(CC)C(=O)N(C)C(C)C(=O)N(C)C(C(C)COCC(=O)N2CCN(C(C)C)CC2)C(=O)NC(C(C)C)C(=O)N(C)C(CC(C)C)C(=O)NC(C)C(=O)NC(C)C(=O)N(C)C(CC(C)C)C(=O)N(C)C(CC(C)C)C(=O)N(C)C(C(C)C)C(=O)N1C. The number of allylic oxidation sites excluding steroid dienone is 2. The van der Waals surface area contributed by atoms with Crippen molar-refractivity contribution in [3.8, 4) is 0 Å². The average molecular weight is 1390 g/mol. The summed E-state index contributed by atoms with van der Waals surface area (Å²) in [6, 6.07) is -14.1. The lowest BCUT2D eigenvalue weighted by atomic mass is 9.91. The molecule has 0 radical (unpaired) electrons. The van der Waals surface area contributed by atoms with Gasteiger partial charge in [-0.25, -0.2) is 0 Å². The Labute approximate surface area is 585 Å². The first kappa shape index (κ1) is 87.3. The number of aliphatic hydroxyl groups is 1. The maximum absolute atomic E-state index is 15.3. The van der Waals surface area contributed by atoms with Crippen molar-refractivity contribution < 1.29 is 67.4 Å². The minimum absolute atomic E-state index is 0.0328. The van der Waals surface area contributed by atoms with Crippen molar-refractivity contribution in [2.45, 2.75) is 242 Å². The molecule has 2 heterocycles. The molecule has 0 aromatic rings. The van der Waals surface area contributed by atoms with Gasteiger partial charge in [-0.05, 0) is 109 Å². The summed E-state index contributed by atoms with van der Waals surface area (Å²) < 4.78 is 6.03. The number of hydrogen-bond donors (Lipinski definition) is 5. The Kier molecular flexibility index (Phi) is 35.6. The van der Waals surface area contributed by atoms with Crippen LogP contribution < -0.4 is 21.3 Å². The Morgan fingerprint density at radius 1 is 0.500 bits per heavy atom. The number of likely N-dealkylation sites (N-methyl/N-ethyl adjacent to an activating group) is 7. The number of amides is 12. The highest BCUT2D eigenvalue weighted by Crippen LogP contribution is 2.26. The van der Waals surface area contributed by atoms with Gasteiger partial charge in [0.2, 0.25) is 70.9 Å². The Bertz CT molecular complexity index is 2740.